The Balaban J connectivity index is 2.33. The van der Waals surface area contributed by atoms with Crippen LogP contribution in [0.3, 0.4) is 0 Å². The van der Waals surface area contributed by atoms with E-state index >= 15 is 0 Å². The van der Waals surface area contributed by atoms with Gasteiger partial charge in [0, 0.05) is 32.0 Å². The molecule has 8 heteroatoms. The number of rotatable bonds is 24. The molecular formula is C31H51N2O6. The van der Waals surface area contributed by atoms with E-state index in [-0.39, 0.29) is 25.1 Å². The van der Waals surface area contributed by atoms with E-state index in [1.165, 1.54) is 17.1 Å². The van der Waals surface area contributed by atoms with Crippen LogP contribution >= 0.6 is 0 Å². The third-order valence-electron chi connectivity index (χ3n) is 5.97. The molecule has 1 aromatic rings. The molecule has 1 atom stereocenters. The van der Waals surface area contributed by atoms with Crippen molar-refractivity contribution in [1.29, 1.82) is 0 Å². The Labute approximate surface area is 236 Å². The molecular weight excluding hydrogens is 496 g/mol. The van der Waals surface area contributed by atoms with Crippen LogP contribution in [0.5, 0.6) is 0 Å². The van der Waals surface area contributed by atoms with Crippen molar-refractivity contribution in [2.45, 2.75) is 116 Å². The zero-order valence-corrected chi connectivity index (χ0v) is 24.3. The Kier molecular flexibility index (Phi) is 21.8. The topological polar surface area (TPSA) is 88.9 Å². The van der Waals surface area contributed by atoms with Crippen LogP contribution in [-0.4, -0.2) is 53.8 Å². The lowest BCUT2D eigenvalue weighted by Gasteiger charge is -2.19. The monoisotopic (exact) mass is 547 g/mol. The molecule has 0 spiro atoms. The Hall–Kier alpha value is -2.45. The van der Waals surface area contributed by atoms with Crippen LogP contribution in [0.25, 0.3) is 0 Å². The molecule has 221 valence electrons. The number of imidazole rings is 1. The highest BCUT2D eigenvalue weighted by Gasteiger charge is 2.16. The van der Waals surface area contributed by atoms with Crippen LogP contribution in [0.2, 0.25) is 0 Å². The van der Waals surface area contributed by atoms with Gasteiger partial charge >= 0.3 is 12.1 Å². The maximum Gasteiger partial charge on any atom is 0.419 e. The van der Waals surface area contributed by atoms with E-state index in [1.807, 2.05) is 0 Å². The van der Waals surface area contributed by atoms with E-state index in [2.05, 4.69) is 50.1 Å². The van der Waals surface area contributed by atoms with Crippen molar-refractivity contribution in [3.05, 3.63) is 49.9 Å². The summed E-state index contributed by atoms with van der Waals surface area (Å²) in [6, 6.07) is 0. The molecule has 1 heterocycles. The fraction of sp³-hybridized carbons (Fsp3) is 0.677. The lowest BCUT2D eigenvalue weighted by molar-refractivity contribution is -0.159. The molecule has 0 aliphatic carbocycles. The molecule has 0 aliphatic rings. The van der Waals surface area contributed by atoms with Crippen molar-refractivity contribution >= 4 is 12.1 Å². The first-order chi connectivity index (χ1) is 19.1. The Bertz CT molecular complexity index is 754. The second kappa shape index (κ2) is 24.6. The van der Waals surface area contributed by atoms with Crippen molar-refractivity contribution < 1.29 is 28.5 Å². The second-order valence-electron chi connectivity index (χ2n) is 9.44. The number of carbonyl (C=O) groups is 2. The quantitative estimate of drug-likeness (QED) is 0.0570. The maximum atomic E-state index is 12.4. The Morgan fingerprint density at radius 1 is 0.872 bits per heavy atom. The second-order valence-corrected chi connectivity index (χ2v) is 9.44. The molecule has 1 radical (unpaired) electrons. The van der Waals surface area contributed by atoms with Crippen molar-refractivity contribution in [2.75, 3.05) is 19.8 Å². The van der Waals surface area contributed by atoms with E-state index in [9.17, 15) is 9.59 Å². The lowest BCUT2D eigenvalue weighted by atomic mass is 10.1. The first-order valence-corrected chi connectivity index (χ1v) is 14.8. The van der Waals surface area contributed by atoms with E-state index < -0.39 is 12.4 Å². The highest BCUT2D eigenvalue weighted by molar-refractivity contribution is 5.70. The van der Waals surface area contributed by atoms with E-state index in [1.54, 1.807) is 6.20 Å². The largest absolute Gasteiger partial charge is 0.466 e. The average Bonchev–Trinajstić information content (AvgIpc) is 3.48. The molecule has 8 nitrogen and oxygen atoms in total. The van der Waals surface area contributed by atoms with Gasteiger partial charge in [0.1, 0.15) is 12.4 Å². The van der Waals surface area contributed by atoms with E-state index in [4.69, 9.17) is 18.9 Å². The molecule has 0 bridgehead atoms. The van der Waals surface area contributed by atoms with Gasteiger partial charge in [-0.2, -0.15) is 0 Å². The Morgan fingerprint density at radius 2 is 1.54 bits per heavy atom. The minimum absolute atomic E-state index is 0.237. The number of nitrogens with zero attached hydrogens (tertiary/aromatic N) is 2. The van der Waals surface area contributed by atoms with Gasteiger partial charge in [-0.3, -0.25) is 4.79 Å². The van der Waals surface area contributed by atoms with Crippen LogP contribution in [0.15, 0.2) is 43.0 Å². The molecule has 1 aromatic heterocycles. The number of ether oxygens (including phenoxy) is 4. The van der Waals surface area contributed by atoms with Crippen molar-refractivity contribution in [3.8, 4) is 0 Å². The van der Waals surface area contributed by atoms with Gasteiger partial charge in [0.2, 0.25) is 0 Å². The highest BCUT2D eigenvalue weighted by atomic mass is 16.7. The zero-order valence-electron chi connectivity index (χ0n) is 24.3. The number of allylic oxidation sites excluding steroid dienone is 4. The van der Waals surface area contributed by atoms with Crippen LogP contribution in [0.1, 0.15) is 104 Å². The molecule has 39 heavy (non-hydrogen) atoms. The third-order valence-corrected chi connectivity index (χ3v) is 5.97. The minimum atomic E-state index is -0.469. The first kappa shape index (κ1) is 34.6. The van der Waals surface area contributed by atoms with Gasteiger partial charge in [-0.15, -0.1) is 0 Å². The van der Waals surface area contributed by atoms with Crippen LogP contribution in [0.4, 0.5) is 4.79 Å². The fourth-order valence-corrected chi connectivity index (χ4v) is 3.81. The number of aromatic nitrogens is 2. The number of esters is 1. The van der Waals surface area contributed by atoms with Gasteiger partial charge in [0.15, 0.2) is 6.29 Å². The normalized spacial score (nSPS) is 12.5. The van der Waals surface area contributed by atoms with Crippen LogP contribution < -0.4 is 0 Å². The summed E-state index contributed by atoms with van der Waals surface area (Å²) in [5.41, 5.74) is 0. The smallest absolute Gasteiger partial charge is 0.419 e. The van der Waals surface area contributed by atoms with Gasteiger partial charge < -0.3 is 18.9 Å². The van der Waals surface area contributed by atoms with Gasteiger partial charge in [0.05, 0.1) is 13.0 Å². The van der Waals surface area contributed by atoms with Gasteiger partial charge in [-0.1, -0.05) is 45.1 Å². The summed E-state index contributed by atoms with van der Waals surface area (Å²) in [6.45, 7) is 9.63. The first-order valence-electron chi connectivity index (χ1n) is 14.8. The zero-order chi connectivity index (χ0) is 28.4. The Morgan fingerprint density at radius 3 is 2.10 bits per heavy atom. The summed E-state index contributed by atoms with van der Waals surface area (Å²) < 4.78 is 24.2. The maximum absolute atomic E-state index is 12.4. The van der Waals surface area contributed by atoms with Crippen molar-refractivity contribution in [1.82, 2.24) is 9.55 Å². The number of hydrogen-bond donors (Lipinski definition) is 0. The van der Waals surface area contributed by atoms with Crippen LogP contribution in [0, 0.1) is 6.92 Å². The predicted molar refractivity (Wildman–Crippen MR) is 154 cm³/mol. The number of hydrogen-bond acceptors (Lipinski definition) is 7. The summed E-state index contributed by atoms with van der Waals surface area (Å²) in [5, 5.41) is 0. The lowest BCUT2D eigenvalue weighted by Crippen LogP contribution is -2.22. The van der Waals surface area contributed by atoms with Crippen molar-refractivity contribution in [3.63, 3.8) is 0 Å². The van der Waals surface area contributed by atoms with E-state index in [0.29, 0.717) is 45.3 Å². The summed E-state index contributed by atoms with van der Waals surface area (Å²) in [4.78, 5) is 28.4. The van der Waals surface area contributed by atoms with Gasteiger partial charge in [-0.05, 0) is 77.0 Å². The summed E-state index contributed by atoms with van der Waals surface area (Å²) >= 11 is 0. The minimum Gasteiger partial charge on any atom is -0.466 e. The fourth-order valence-electron chi connectivity index (χ4n) is 3.81. The summed E-state index contributed by atoms with van der Waals surface area (Å²) in [7, 11) is 0. The molecule has 0 fully saturated rings. The molecule has 0 aliphatic heterocycles. The van der Waals surface area contributed by atoms with E-state index in [0.717, 1.165) is 51.4 Å². The van der Waals surface area contributed by atoms with Gasteiger partial charge in [0.25, 0.3) is 0 Å². The highest BCUT2D eigenvalue weighted by Crippen LogP contribution is 2.13. The van der Waals surface area contributed by atoms with Crippen LogP contribution in [-0.2, 0) is 23.7 Å². The standard InChI is InChI=1S/C31H51N2O6/c1-4-7-9-11-13-15-24-37-30(38-25-16-14-12-10-8-5-2)21-20-29(34)36-26-17-19-28(18-6-3)39-31(35)33-23-22-32-27-33/h7-10,22-23,27-28,30H,3-6,11-21,24-26H2,1-2H3/b9-7-,10-8-. The van der Waals surface area contributed by atoms with Gasteiger partial charge in [-0.25, -0.2) is 14.3 Å². The summed E-state index contributed by atoms with van der Waals surface area (Å²) in [5.74, 6) is -0.272. The average molecular weight is 548 g/mol. The molecule has 0 N–H and O–H groups in total. The molecule has 0 saturated heterocycles. The molecule has 0 saturated carbocycles. The predicted octanol–water partition coefficient (Wildman–Crippen LogP) is 7.59. The number of unbranched alkanes of at least 4 members (excludes halogenated alkanes) is 4. The number of carbonyl (C=O) groups excluding carboxylic acids is 2. The molecule has 1 rings (SSSR count). The molecule has 0 aromatic carbocycles. The molecule has 0 amide bonds. The SMILES string of the molecule is [CH2]CCC(CCCOC(=O)CCC(OCCCC/C=C\CC)OCCCC/C=C\CC)OC(=O)n1ccnc1. The molecule has 1 unspecified atom stereocenters. The third kappa shape index (κ3) is 19.3. The summed E-state index contributed by atoms with van der Waals surface area (Å²) in [6.07, 6.45) is 23.6. The van der Waals surface area contributed by atoms with Crippen molar-refractivity contribution in [2.24, 2.45) is 0 Å².